The maximum Gasteiger partial charge on any atom is 0.340 e. The monoisotopic (exact) mass is 362 g/mol. The zero-order valence-electron chi connectivity index (χ0n) is 14.9. The summed E-state index contributed by atoms with van der Waals surface area (Å²) in [7, 11) is 3.45. The zero-order valence-corrected chi connectivity index (χ0v) is 15.7. The number of nitrogens with one attached hydrogen (secondary N) is 1. The summed E-state index contributed by atoms with van der Waals surface area (Å²) in [5, 5.41) is 5.28. The van der Waals surface area contributed by atoms with Gasteiger partial charge in [0.05, 0.1) is 19.2 Å². The number of carbonyl (C=O) groups excluding carboxylic acids is 2. The van der Waals surface area contributed by atoms with Crippen LogP contribution in [-0.2, 0) is 9.53 Å². The Hall–Kier alpha value is -1.40. The average Bonchev–Trinajstić information content (AvgIpc) is 3.00. The minimum Gasteiger partial charge on any atom is -0.465 e. The van der Waals surface area contributed by atoms with E-state index in [0.717, 1.165) is 17.8 Å². The average molecular weight is 362 g/mol. The van der Waals surface area contributed by atoms with Gasteiger partial charge < -0.3 is 10.1 Å². The van der Waals surface area contributed by atoms with E-state index in [-0.39, 0.29) is 11.4 Å². The quantitative estimate of drug-likeness (QED) is 0.816. The van der Waals surface area contributed by atoms with E-state index < -0.39 is 5.97 Å². The summed E-state index contributed by atoms with van der Waals surface area (Å²) in [6, 6.07) is 1.69. The summed E-state index contributed by atoms with van der Waals surface area (Å²) in [5.41, 5.74) is 0.644. The summed E-state index contributed by atoms with van der Waals surface area (Å²) in [6.45, 7) is 0.380. The van der Waals surface area contributed by atoms with Crippen molar-refractivity contribution in [2.75, 3.05) is 26.0 Å². The van der Waals surface area contributed by atoms with E-state index in [9.17, 15) is 9.59 Å². The first-order chi connectivity index (χ1) is 12.0. The molecule has 1 N–H and O–H groups in total. The molecule has 1 aromatic rings. The van der Waals surface area contributed by atoms with Gasteiger partial charge in [-0.1, -0.05) is 0 Å². The highest BCUT2D eigenvalue weighted by atomic mass is 32.1. The number of hydrogen-bond donors (Lipinski definition) is 1. The van der Waals surface area contributed by atoms with Crippen LogP contribution in [0.1, 0.15) is 48.9 Å². The van der Waals surface area contributed by atoms with Crippen molar-refractivity contribution in [3.63, 3.8) is 0 Å². The maximum absolute atomic E-state index is 12.6. The van der Waals surface area contributed by atoms with Gasteiger partial charge >= 0.3 is 5.97 Å². The second-order valence-corrected chi connectivity index (χ2v) is 9.12. The predicted molar refractivity (Wildman–Crippen MR) is 97.8 cm³/mol. The molecular weight excluding hydrogens is 336 g/mol. The normalized spacial score (nSPS) is 32.8. The minimum absolute atomic E-state index is 0.0501. The van der Waals surface area contributed by atoms with Gasteiger partial charge in [-0.15, -0.1) is 11.3 Å². The Morgan fingerprint density at radius 3 is 2.40 bits per heavy atom. The molecule has 0 unspecified atom stereocenters. The van der Waals surface area contributed by atoms with Gasteiger partial charge in [0.1, 0.15) is 5.00 Å². The molecule has 4 saturated carbocycles. The Balaban J connectivity index is 1.41. The molecule has 1 amide bonds. The molecule has 5 nitrogen and oxygen atoms in total. The molecule has 0 saturated heterocycles. The molecule has 1 heterocycles. The first-order valence-electron chi connectivity index (χ1n) is 9.16. The van der Waals surface area contributed by atoms with Crippen LogP contribution in [0.15, 0.2) is 11.4 Å². The molecule has 0 spiro atoms. The summed E-state index contributed by atoms with van der Waals surface area (Å²) in [5.74, 6) is 2.12. The lowest BCUT2D eigenvalue weighted by atomic mass is 9.52. The molecule has 4 aliphatic rings. The molecular formula is C19H26N2O3S. The number of thiophene rings is 1. The second-order valence-electron chi connectivity index (χ2n) is 8.20. The molecule has 0 aromatic carbocycles. The van der Waals surface area contributed by atoms with Crippen LogP contribution in [0.25, 0.3) is 0 Å². The van der Waals surface area contributed by atoms with Crippen LogP contribution in [0.4, 0.5) is 5.00 Å². The number of carbonyl (C=O) groups is 2. The van der Waals surface area contributed by atoms with Crippen LogP contribution in [-0.4, -0.2) is 43.0 Å². The SMILES string of the molecule is COC(=O)c1ccsc1NC(=O)CN(C)C12CC3CC(CC(C3)C1)C2. The van der Waals surface area contributed by atoms with Gasteiger partial charge in [0, 0.05) is 5.54 Å². The lowest BCUT2D eigenvalue weighted by Gasteiger charge is -2.59. The zero-order chi connectivity index (χ0) is 17.6. The number of anilines is 1. The smallest absolute Gasteiger partial charge is 0.340 e. The van der Waals surface area contributed by atoms with Crippen molar-refractivity contribution in [2.24, 2.45) is 17.8 Å². The van der Waals surface area contributed by atoms with Gasteiger partial charge in [0.25, 0.3) is 0 Å². The summed E-state index contributed by atoms with van der Waals surface area (Å²) in [6.07, 6.45) is 7.94. The molecule has 4 bridgehead atoms. The van der Waals surface area contributed by atoms with E-state index in [2.05, 4.69) is 17.3 Å². The fourth-order valence-corrected chi connectivity index (χ4v) is 6.55. The van der Waals surface area contributed by atoms with Gasteiger partial charge in [-0.05, 0) is 74.8 Å². The Morgan fingerprint density at radius 2 is 1.84 bits per heavy atom. The maximum atomic E-state index is 12.6. The van der Waals surface area contributed by atoms with Crippen molar-refractivity contribution in [1.29, 1.82) is 0 Å². The fourth-order valence-electron chi connectivity index (χ4n) is 5.76. The van der Waals surface area contributed by atoms with Gasteiger partial charge in [-0.3, -0.25) is 9.69 Å². The van der Waals surface area contributed by atoms with Crippen LogP contribution in [0, 0.1) is 17.8 Å². The minimum atomic E-state index is -0.411. The second kappa shape index (κ2) is 6.40. The van der Waals surface area contributed by atoms with Crippen molar-refractivity contribution in [3.8, 4) is 0 Å². The van der Waals surface area contributed by atoms with E-state index in [0.29, 0.717) is 17.1 Å². The van der Waals surface area contributed by atoms with Crippen LogP contribution < -0.4 is 5.32 Å². The van der Waals surface area contributed by atoms with Crippen molar-refractivity contribution in [2.45, 2.75) is 44.1 Å². The highest BCUT2D eigenvalue weighted by molar-refractivity contribution is 7.14. The molecule has 4 aliphatic carbocycles. The van der Waals surface area contributed by atoms with Crippen LogP contribution in [0.5, 0.6) is 0 Å². The van der Waals surface area contributed by atoms with Gasteiger partial charge in [-0.25, -0.2) is 4.79 Å². The first kappa shape index (κ1) is 17.0. The fraction of sp³-hybridized carbons (Fsp3) is 0.684. The van der Waals surface area contributed by atoms with Gasteiger partial charge in [0.15, 0.2) is 0 Å². The summed E-state index contributed by atoms with van der Waals surface area (Å²) < 4.78 is 4.77. The lowest BCUT2D eigenvalue weighted by molar-refractivity contribution is -0.123. The third kappa shape index (κ3) is 3.10. The molecule has 0 atom stereocenters. The van der Waals surface area contributed by atoms with Crippen molar-refractivity contribution < 1.29 is 14.3 Å². The number of nitrogens with zero attached hydrogens (tertiary/aromatic N) is 1. The van der Waals surface area contributed by atoms with Crippen molar-refractivity contribution in [1.82, 2.24) is 4.90 Å². The highest BCUT2D eigenvalue weighted by Crippen LogP contribution is 2.57. The van der Waals surface area contributed by atoms with Crippen LogP contribution in [0.3, 0.4) is 0 Å². The third-order valence-corrected chi connectivity index (χ3v) is 7.35. The number of amides is 1. The Morgan fingerprint density at radius 1 is 1.24 bits per heavy atom. The molecule has 5 rings (SSSR count). The van der Waals surface area contributed by atoms with Gasteiger partial charge in [0.2, 0.25) is 5.91 Å². The highest BCUT2D eigenvalue weighted by Gasteiger charge is 2.52. The molecule has 4 fully saturated rings. The Kier molecular flexibility index (Phi) is 4.36. The van der Waals surface area contributed by atoms with Crippen molar-refractivity contribution >= 4 is 28.2 Å². The number of likely N-dealkylation sites (N-methyl/N-ethyl adjacent to an activating group) is 1. The van der Waals surface area contributed by atoms with E-state index in [1.807, 2.05) is 0 Å². The largest absolute Gasteiger partial charge is 0.465 e. The molecule has 136 valence electrons. The number of rotatable bonds is 5. The number of hydrogen-bond acceptors (Lipinski definition) is 5. The third-order valence-electron chi connectivity index (χ3n) is 6.52. The van der Waals surface area contributed by atoms with E-state index in [1.165, 1.54) is 57.0 Å². The molecule has 25 heavy (non-hydrogen) atoms. The van der Waals surface area contributed by atoms with E-state index in [4.69, 9.17) is 4.74 Å². The van der Waals surface area contributed by atoms with E-state index in [1.54, 1.807) is 11.4 Å². The standard InChI is InChI=1S/C19H26N2O3S/c1-21(19-8-12-5-13(9-19)7-14(6-12)10-19)11-16(22)20-17-15(3-4-25-17)18(23)24-2/h3-4,12-14H,5-11H2,1-2H3,(H,20,22). The van der Waals surface area contributed by atoms with Crippen LogP contribution in [0.2, 0.25) is 0 Å². The first-order valence-corrected chi connectivity index (χ1v) is 10.0. The van der Waals surface area contributed by atoms with Crippen molar-refractivity contribution in [3.05, 3.63) is 17.0 Å². The topological polar surface area (TPSA) is 58.6 Å². The van der Waals surface area contributed by atoms with E-state index >= 15 is 0 Å². The summed E-state index contributed by atoms with van der Waals surface area (Å²) >= 11 is 1.36. The van der Waals surface area contributed by atoms with Crippen LogP contribution >= 0.6 is 11.3 Å². The molecule has 1 aromatic heterocycles. The number of ether oxygens (including phenoxy) is 1. The predicted octanol–water partition coefficient (Wildman–Crippen LogP) is 3.37. The number of methoxy groups -OCH3 is 1. The number of esters is 1. The summed E-state index contributed by atoms with van der Waals surface area (Å²) in [4.78, 5) is 26.6. The Labute approximate surface area is 152 Å². The molecule has 0 radical (unpaired) electrons. The van der Waals surface area contributed by atoms with Gasteiger partial charge in [-0.2, -0.15) is 0 Å². The molecule has 0 aliphatic heterocycles. The lowest BCUT2D eigenvalue weighted by Crippen LogP contribution is -2.59. The molecule has 6 heteroatoms. The Bertz CT molecular complexity index is 649.